The first kappa shape index (κ1) is 16.9. The van der Waals surface area contributed by atoms with E-state index in [-0.39, 0.29) is 5.76 Å². The van der Waals surface area contributed by atoms with Crippen molar-refractivity contribution in [1.29, 1.82) is 0 Å². The molecule has 134 valence electrons. The van der Waals surface area contributed by atoms with Crippen LogP contribution in [-0.2, 0) is 13.0 Å². The number of fused-ring (bicyclic) bond motifs is 1. The number of furan rings is 1. The lowest BCUT2D eigenvalue weighted by Gasteiger charge is -2.32. The van der Waals surface area contributed by atoms with Gasteiger partial charge in [0.2, 0.25) is 5.76 Å². The van der Waals surface area contributed by atoms with E-state index in [0.29, 0.717) is 5.58 Å². The van der Waals surface area contributed by atoms with Crippen LogP contribution < -0.4 is 0 Å². The topological polar surface area (TPSA) is 53.7 Å². The number of hydrogen-bond acceptors (Lipinski definition) is 3. The van der Waals surface area contributed by atoms with E-state index in [4.69, 9.17) is 9.52 Å². The molecule has 0 amide bonds. The van der Waals surface area contributed by atoms with E-state index in [1.165, 1.54) is 30.4 Å². The van der Waals surface area contributed by atoms with Crippen molar-refractivity contribution in [3.05, 3.63) is 71.5 Å². The Balaban J connectivity index is 1.35. The average Bonchev–Trinajstić information content (AvgIpc) is 3.08. The van der Waals surface area contributed by atoms with Crippen LogP contribution in [0, 0.1) is 5.92 Å². The number of carboxylic acids is 1. The summed E-state index contributed by atoms with van der Waals surface area (Å²) in [6.45, 7) is 3.13. The molecular formula is C22H23NO3. The lowest BCUT2D eigenvalue weighted by molar-refractivity contribution is 0.0665. The van der Waals surface area contributed by atoms with Crippen LogP contribution in [-0.4, -0.2) is 29.1 Å². The molecule has 0 saturated carbocycles. The summed E-state index contributed by atoms with van der Waals surface area (Å²) >= 11 is 0. The summed E-state index contributed by atoms with van der Waals surface area (Å²) in [6.07, 6.45) is 3.63. The maximum Gasteiger partial charge on any atom is 0.371 e. The number of aromatic carboxylic acids is 1. The summed E-state index contributed by atoms with van der Waals surface area (Å²) in [5, 5.41) is 9.90. The van der Waals surface area contributed by atoms with Gasteiger partial charge in [0.1, 0.15) is 5.58 Å². The molecule has 2 heterocycles. The maximum absolute atomic E-state index is 11.0. The van der Waals surface area contributed by atoms with E-state index in [9.17, 15) is 4.79 Å². The van der Waals surface area contributed by atoms with E-state index in [1.54, 1.807) is 6.07 Å². The summed E-state index contributed by atoms with van der Waals surface area (Å²) in [7, 11) is 0. The molecule has 1 fully saturated rings. The fourth-order valence-corrected chi connectivity index (χ4v) is 3.85. The average molecular weight is 349 g/mol. The lowest BCUT2D eigenvalue weighted by Crippen LogP contribution is -2.33. The second-order valence-electron chi connectivity index (χ2n) is 7.20. The fourth-order valence-electron chi connectivity index (χ4n) is 3.85. The number of nitrogens with zero attached hydrogens (tertiary/aromatic N) is 1. The summed E-state index contributed by atoms with van der Waals surface area (Å²) in [4.78, 5) is 13.5. The van der Waals surface area contributed by atoms with Gasteiger partial charge in [-0.3, -0.25) is 4.90 Å². The summed E-state index contributed by atoms with van der Waals surface area (Å²) < 4.78 is 5.33. The number of rotatable bonds is 5. The monoisotopic (exact) mass is 349 g/mol. The molecule has 4 nitrogen and oxygen atoms in total. The Labute approximate surface area is 153 Å². The number of hydrogen-bond donors (Lipinski definition) is 1. The Morgan fingerprint density at radius 2 is 1.81 bits per heavy atom. The molecule has 1 N–H and O–H groups in total. The smallest absolute Gasteiger partial charge is 0.371 e. The molecule has 4 rings (SSSR count). The quantitative estimate of drug-likeness (QED) is 0.732. The molecule has 3 aromatic rings. The molecule has 0 spiro atoms. The highest BCUT2D eigenvalue weighted by atomic mass is 16.4. The Morgan fingerprint density at radius 1 is 1.04 bits per heavy atom. The zero-order chi connectivity index (χ0) is 17.9. The van der Waals surface area contributed by atoms with E-state index in [2.05, 4.69) is 35.2 Å². The molecule has 0 atom stereocenters. The van der Waals surface area contributed by atoms with Gasteiger partial charge in [-0.2, -0.15) is 0 Å². The predicted molar refractivity (Wildman–Crippen MR) is 101 cm³/mol. The maximum atomic E-state index is 11.0. The second-order valence-corrected chi connectivity index (χ2v) is 7.20. The van der Waals surface area contributed by atoms with Crippen molar-refractivity contribution in [3.63, 3.8) is 0 Å². The minimum absolute atomic E-state index is 0.00104. The molecule has 2 aromatic carbocycles. The van der Waals surface area contributed by atoms with Crippen LogP contribution in [0.4, 0.5) is 0 Å². The van der Waals surface area contributed by atoms with Crippen molar-refractivity contribution < 1.29 is 14.3 Å². The number of carbonyl (C=O) groups is 1. The number of piperidine rings is 1. The molecule has 0 bridgehead atoms. The first-order valence-electron chi connectivity index (χ1n) is 9.19. The molecule has 0 unspecified atom stereocenters. The Morgan fingerprint density at radius 3 is 2.54 bits per heavy atom. The van der Waals surface area contributed by atoms with Gasteiger partial charge in [-0.25, -0.2) is 4.79 Å². The standard InChI is InChI=1S/C22H23NO3/c24-22(25)21-14-19-13-18(6-7-20(19)26-21)15-23-10-8-17(9-11-23)12-16-4-2-1-3-5-16/h1-7,13-14,17H,8-12,15H2,(H,24,25). The number of benzene rings is 2. The van der Waals surface area contributed by atoms with E-state index < -0.39 is 5.97 Å². The van der Waals surface area contributed by atoms with Crippen LogP contribution in [0.5, 0.6) is 0 Å². The van der Waals surface area contributed by atoms with Gasteiger partial charge in [0.15, 0.2) is 0 Å². The van der Waals surface area contributed by atoms with E-state index in [1.807, 2.05) is 18.2 Å². The van der Waals surface area contributed by atoms with Crippen LogP contribution in [0.3, 0.4) is 0 Å². The van der Waals surface area contributed by atoms with Crippen molar-refractivity contribution in [3.8, 4) is 0 Å². The van der Waals surface area contributed by atoms with Crippen LogP contribution in [0.25, 0.3) is 11.0 Å². The van der Waals surface area contributed by atoms with Gasteiger partial charge in [0.05, 0.1) is 0 Å². The highest BCUT2D eigenvalue weighted by Gasteiger charge is 2.20. The van der Waals surface area contributed by atoms with Crippen LogP contribution in [0.2, 0.25) is 0 Å². The van der Waals surface area contributed by atoms with Gasteiger partial charge in [-0.15, -0.1) is 0 Å². The third-order valence-electron chi connectivity index (χ3n) is 5.27. The van der Waals surface area contributed by atoms with Gasteiger partial charge in [0.25, 0.3) is 0 Å². The van der Waals surface area contributed by atoms with Gasteiger partial charge < -0.3 is 9.52 Å². The first-order valence-corrected chi connectivity index (χ1v) is 9.19. The van der Waals surface area contributed by atoms with Crippen molar-refractivity contribution in [2.75, 3.05) is 13.1 Å². The van der Waals surface area contributed by atoms with E-state index in [0.717, 1.165) is 30.9 Å². The van der Waals surface area contributed by atoms with Crippen LogP contribution in [0.15, 0.2) is 59.0 Å². The Kier molecular flexibility index (Phi) is 4.76. The third-order valence-corrected chi connectivity index (χ3v) is 5.27. The highest BCUT2D eigenvalue weighted by molar-refractivity contribution is 5.91. The van der Waals surface area contributed by atoms with Gasteiger partial charge in [-0.05, 0) is 67.6 Å². The highest BCUT2D eigenvalue weighted by Crippen LogP contribution is 2.25. The third kappa shape index (κ3) is 3.81. The number of likely N-dealkylation sites (tertiary alicyclic amines) is 1. The SMILES string of the molecule is O=C(O)c1cc2cc(CN3CCC(Cc4ccccc4)CC3)ccc2o1. The van der Waals surface area contributed by atoms with Crippen molar-refractivity contribution in [1.82, 2.24) is 4.90 Å². The van der Waals surface area contributed by atoms with Crippen molar-refractivity contribution >= 4 is 16.9 Å². The Hall–Kier alpha value is -2.59. The molecule has 1 saturated heterocycles. The molecule has 1 aromatic heterocycles. The molecule has 4 heteroatoms. The molecule has 26 heavy (non-hydrogen) atoms. The number of carboxylic acid groups (broad SMARTS) is 1. The zero-order valence-electron chi connectivity index (χ0n) is 14.7. The Bertz CT molecular complexity index is 892. The first-order chi connectivity index (χ1) is 12.7. The summed E-state index contributed by atoms with van der Waals surface area (Å²) in [5.41, 5.74) is 3.27. The van der Waals surface area contributed by atoms with Crippen LogP contribution in [0.1, 0.15) is 34.5 Å². The van der Waals surface area contributed by atoms with Crippen molar-refractivity contribution in [2.24, 2.45) is 5.92 Å². The zero-order valence-corrected chi connectivity index (χ0v) is 14.7. The normalized spacial score (nSPS) is 16.2. The fraction of sp³-hybridized carbons (Fsp3) is 0.318. The summed E-state index contributed by atoms with van der Waals surface area (Å²) in [5.74, 6) is -0.259. The van der Waals surface area contributed by atoms with E-state index >= 15 is 0 Å². The molecular weight excluding hydrogens is 326 g/mol. The minimum Gasteiger partial charge on any atom is -0.475 e. The predicted octanol–water partition coefficient (Wildman–Crippen LogP) is 4.59. The molecule has 0 aliphatic carbocycles. The summed E-state index contributed by atoms with van der Waals surface area (Å²) in [6, 6.07) is 18.3. The van der Waals surface area contributed by atoms with Gasteiger partial charge in [0, 0.05) is 11.9 Å². The lowest BCUT2D eigenvalue weighted by atomic mass is 9.90. The molecule has 0 radical (unpaired) electrons. The molecule has 1 aliphatic heterocycles. The van der Waals surface area contributed by atoms with Gasteiger partial charge in [-0.1, -0.05) is 36.4 Å². The largest absolute Gasteiger partial charge is 0.475 e. The van der Waals surface area contributed by atoms with Crippen molar-refractivity contribution in [2.45, 2.75) is 25.8 Å². The van der Waals surface area contributed by atoms with Gasteiger partial charge >= 0.3 is 5.97 Å². The second kappa shape index (κ2) is 7.34. The minimum atomic E-state index is -1.02. The molecule has 1 aliphatic rings. The van der Waals surface area contributed by atoms with Crippen LogP contribution >= 0.6 is 0 Å².